The van der Waals surface area contributed by atoms with E-state index in [0.717, 1.165) is 21.4 Å². The van der Waals surface area contributed by atoms with Gasteiger partial charge < -0.3 is 0 Å². The van der Waals surface area contributed by atoms with Crippen molar-refractivity contribution in [3.63, 3.8) is 0 Å². The van der Waals surface area contributed by atoms with Crippen molar-refractivity contribution in [3.05, 3.63) is 33.8 Å². The van der Waals surface area contributed by atoms with Gasteiger partial charge in [-0.25, -0.2) is 14.6 Å². The first-order chi connectivity index (χ1) is 7.09. The molecule has 0 aromatic carbocycles. The zero-order valence-electron chi connectivity index (χ0n) is 8.82. The molecule has 0 aliphatic carbocycles. The molecule has 4 nitrogen and oxygen atoms in total. The Balaban J connectivity index is 2.54. The molecule has 0 N–H and O–H groups in total. The maximum Gasteiger partial charge on any atom is 0.250 e. The molecule has 2 aromatic rings. The molecule has 5 heteroatoms. The van der Waals surface area contributed by atoms with E-state index in [1.54, 1.807) is 17.1 Å². The number of aromatic nitrogens is 4. The van der Waals surface area contributed by atoms with Crippen LogP contribution in [-0.2, 0) is 0 Å². The van der Waals surface area contributed by atoms with Crippen LogP contribution < -0.4 is 0 Å². The van der Waals surface area contributed by atoms with Crippen molar-refractivity contribution in [2.75, 3.05) is 0 Å². The summed E-state index contributed by atoms with van der Waals surface area (Å²) in [4.78, 5) is 8.46. The Morgan fingerprint density at radius 2 is 1.73 bits per heavy atom. The topological polar surface area (TPSA) is 43.6 Å². The van der Waals surface area contributed by atoms with Crippen LogP contribution in [0.2, 0.25) is 0 Å². The van der Waals surface area contributed by atoms with Crippen LogP contribution in [0.4, 0.5) is 0 Å². The van der Waals surface area contributed by atoms with Crippen molar-refractivity contribution in [2.45, 2.75) is 20.8 Å². The molecule has 0 amide bonds. The van der Waals surface area contributed by atoms with Gasteiger partial charge >= 0.3 is 0 Å². The average molecular weight is 267 g/mol. The predicted octanol–water partition coefficient (Wildman–Crippen LogP) is 2.35. The van der Waals surface area contributed by atoms with Gasteiger partial charge in [-0.05, 0) is 42.3 Å². The van der Waals surface area contributed by atoms with Crippen LogP contribution in [0.1, 0.15) is 17.0 Å². The van der Waals surface area contributed by atoms with E-state index in [-0.39, 0.29) is 0 Å². The van der Waals surface area contributed by atoms with Gasteiger partial charge in [0.1, 0.15) is 0 Å². The van der Waals surface area contributed by atoms with E-state index in [4.69, 9.17) is 0 Å². The summed E-state index contributed by atoms with van der Waals surface area (Å²) in [6.07, 6.45) is 3.57. The molecule has 0 atom stereocenters. The molecule has 2 heterocycles. The summed E-state index contributed by atoms with van der Waals surface area (Å²) < 4.78 is 2.74. The molecule has 0 aliphatic rings. The Hall–Kier alpha value is -1.23. The van der Waals surface area contributed by atoms with Crippen LogP contribution in [0.25, 0.3) is 5.95 Å². The SMILES string of the molecule is Cc1cnc(-n2nc(C)c(Br)c2C)nc1. The third-order valence-corrected chi connectivity index (χ3v) is 3.31. The van der Waals surface area contributed by atoms with E-state index < -0.39 is 0 Å². The Bertz CT molecular complexity index is 487. The highest BCUT2D eigenvalue weighted by Crippen LogP contribution is 2.21. The smallest absolute Gasteiger partial charge is 0.219 e. The summed E-state index contributed by atoms with van der Waals surface area (Å²) >= 11 is 3.47. The molecular formula is C10H11BrN4. The quantitative estimate of drug-likeness (QED) is 0.796. The van der Waals surface area contributed by atoms with Crippen LogP contribution in [0.5, 0.6) is 0 Å². The lowest BCUT2D eigenvalue weighted by Gasteiger charge is -2.01. The highest BCUT2D eigenvalue weighted by Gasteiger charge is 2.11. The minimum atomic E-state index is 0.604. The molecule has 0 aliphatic heterocycles. The Labute approximate surface area is 96.5 Å². The summed E-state index contributed by atoms with van der Waals surface area (Å²) in [7, 11) is 0. The van der Waals surface area contributed by atoms with Crippen LogP contribution in [0.15, 0.2) is 16.9 Å². The maximum absolute atomic E-state index is 4.35. The number of hydrogen-bond donors (Lipinski definition) is 0. The molecular weight excluding hydrogens is 256 g/mol. The summed E-state index contributed by atoms with van der Waals surface area (Å²) in [6.45, 7) is 5.88. The van der Waals surface area contributed by atoms with Crippen LogP contribution >= 0.6 is 15.9 Å². The summed E-state index contributed by atoms with van der Waals surface area (Å²) in [5, 5.41) is 4.35. The van der Waals surface area contributed by atoms with E-state index in [1.807, 2.05) is 20.8 Å². The lowest BCUT2D eigenvalue weighted by atomic mass is 10.4. The predicted molar refractivity (Wildman–Crippen MR) is 61.1 cm³/mol. The molecule has 2 rings (SSSR count). The molecule has 0 fully saturated rings. The Morgan fingerprint density at radius 1 is 1.13 bits per heavy atom. The maximum atomic E-state index is 4.35. The first-order valence-electron chi connectivity index (χ1n) is 4.60. The fourth-order valence-electron chi connectivity index (χ4n) is 1.31. The van der Waals surface area contributed by atoms with E-state index in [0.29, 0.717) is 5.95 Å². The third-order valence-electron chi connectivity index (χ3n) is 2.16. The van der Waals surface area contributed by atoms with Gasteiger partial charge in [0.05, 0.1) is 15.9 Å². The first kappa shape index (κ1) is 10.3. The van der Waals surface area contributed by atoms with Crippen molar-refractivity contribution >= 4 is 15.9 Å². The highest BCUT2D eigenvalue weighted by molar-refractivity contribution is 9.10. The van der Waals surface area contributed by atoms with E-state index in [1.165, 1.54) is 0 Å². The van der Waals surface area contributed by atoms with Crippen LogP contribution in [-0.4, -0.2) is 19.7 Å². The zero-order chi connectivity index (χ0) is 11.0. The van der Waals surface area contributed by atoms with Crippen molar-refractivity contribution < 1.29 is 0 Å². The number of aryl methyl sites for hydroxylation is 2. The average Bonchev–Trinajstić information content (AvgIpc) is 2.47. The third kappa shape index (κ3) is 1.79. The lowest BCUT2D eigenvalue weighted by Crippen LogP contribution is -2.04. The van der Waals surface area contributed by atoms with Crippen molar-refractivity contribution in [1.82, 2.24) is 19.7 Å². The van der Waals surface area contributed by atoms with Gasteiger partial charge in [0.15, 0.2) is 0 Å². The second-order valence-electron chi connectivity index (χ2n) is 3.46. The van der Waals surface area contributed by atoms with Gasteiger partial charge in [-0.15, -0.1) is 0 Å². The van der Waals surface area contributed by atoms with E-state index in [9.17, 15) is 0 Å². The van der Waals surface area contributed by atoms with Crippen molar-refractivity contribution in [3.8, 4) is 5.95 Å². The minimum Gasteiger partial charge on any atom is -0.219 e. The summed E-state index contributed by atoms with van der Waals surface area (Å²) in [5.41, 5.74) is 2.99. The van der Waals surface area contributed by atoms with Gasteiger partial charge in [-0.2, -0.15) is 5.10 Å². The van der Waals surface area contributed by atoms with Gasteiger partial charge in [0.2, 0.25) is 0 Å². The van der Waals surface area contributed by atoms with E-state index >= 15 is 0 Å². The molecule has 15 heavy (non-hydrogen) atoms. The van der Waals surface area contributed by atoms with Gasteiger partial charge in [-0.3, -0.25) is 0 Å². The molecule has 78 valence electrons. The first-order valence-corrected chi connectivity index (χ1v) is 5.39. The molecule has 0 unspecified atom stereocenters. The van der Waals surface area contributed by atoms with Crippen LogP contribution in [0, 0.1) is 20.8 Å². The fourth-order valence-corrected chi connectivity index (χ4v) is 1.56. The number of halogens is 1. The monoisotopic (exact) mass is 266 g/mol. The molecule has 0 saturated carbocycles. The fraction of sp³-hybridized carbons (Fsp3) is 0.300. The van der Waals surface area contributed by atoms with Crippen molar-refractivity contribution in [2.24, 2.45) is 0 Å². The lowest BCUT2D eigenvalue weighted by molar-refractivity contribution is 0.771. The molecule has 0 bridgehead atoms. The largest absolute Gasteiger partial charge is 0.250 e. The second kappa shape index (κ2) is 3.73. The Kier molecular flexibility index (Phi) is 2.56. The van der Waals surface area contributed by atoms with E-state index in [2.05, 4.69) is 31.0 Å². The normalized spacial score (nSPS) is 10.7. The Morgan fingerprint density at radius 3 is 2.20 bits per heavy atom. The van der Waals surface area contributed by atoms with Gasteiger partial charge in [0.25, 0.3) is 5.95 Å². The molecule has 0 spiro atoms. The second-order valence-corrected chi connectivity index (χ2v) is 4.25. The highest BCUT2D eigenvalue weighted by atomic mass is 79.9. The summed E-state index contributed by atoms with van der Waals surface area (Å²) in [5.74, 6) is 0.604. The number of hydrogen-bond acceptors (Lipinski definition) is 3. The van der Waals surface area contributed by atoms with Crippen LogP contribution in [0.3, 0.4) is 0 Å². The van der Waals surface area contributed by atoms with Gasteiger partial charge in [0, 0.05) is 12.4 Å². The number of rotatable bonds is 1. The van der Waals surface area contributed by atoms with Gasteiger partial charge in [-0.1, -0.05) is 0 Å². The molecule has 2 aromatic heterocycles. The molecule has 0 saturated heterocycles. The zero-order valence-corrected chi connectivity index (χ0v) is 10.4. The number of nitrogens with zero attached hydrogens (tertiary/aromatic N) is 4. The minimum absolute atomic E-state index is 0.604. The molecule has 0 radical (unpaired) electrons. The van der Waals surface area contributed by atoms with Crippen molar-refractivity contribution in [1.29, 1.82) is 0 Å². The standard InChI is InChI=1S/C10H11BrN4/c1-6-4-12-10(13-5-6)15-8(3)9(11)7(2)14-15/h4-5H,1-3H3. The summed E-state index contributed by atoms with van der Waals surface area (Å²) in [6, 6.07) is 0.